The van der Waals surface area contributed by atoms with Gasteiger partial charge in [0.05, 0.1) is 0 Å². The predicted octanol–water partition coefficient (Wildman–Crippen LogP) is 5.02. The Morgan fingerprint density at radius 2 is 0.533 bits per heavy atom. The van der Waals surface area contributed by atoms with Gasteiger partial charge in [-0.15, -0.1) is 0 Å². The molecule has 30 heavy (non-hydrogen) atoms. The van der Waals surface area contributed by atoms with E-state index >= 15 is 0 Å². The van der Waals surface area contributed by atoms with Crippen molar-refractivity contribution in [2.24, 2.45) is 0 Å². The van der Waals surface area contributed by atoms with Crippen LogP contribution in [0, 0.1) is 24.3 Å². The largest absolute Gasteiger partial charge is 0.466 e. The molecule has 0 heterocycles. The van der Waals surface area contributed by atoms with Crippen molar-refractivity contribution < 1.29 is 39.7 Å². The second-order valence-corrected chi connectivity index (χ2v) is 5.85. The molecule has 0 fully saturated rings. The Morgan fingerprint density at radius 3 is 0.567 bits per heavy atom. The minimum Gasteiger partial charge on any atom is -0.303 e. The molecule has 0 amide bonds. The fourth-order valence-corrected chi connectivity index (χ4v) is 1.37. The minimum absolute atomic E-state index is 0. The van der Waals surface area contributed by atoms with E-state index in [0.717, 1.165) is 0 Å². The fraction of sp³-hybridized carbons (Fsp3) is 0. The normalized spacial score (nSPS) is 8.37. The van der Waals surface area contributed by atoms with Gasteiger partial charge in [-0.1, -0.05) is 0 Å². The summed E-state index contributed by atoms with van der Waals surface area (Å²) in [7, 11) is -4.64. The fourth-order valence-electron chi connectivity index (χ4n) is 1.37. The maximum absolute atomic E-state index is 8.88. The third-order valence-electron chi connectivity index (χ3n) is 2.43. The molecule has 0 unspecified atom stereocenters. The summed E-state index contributed by atoms with van der Waals surface area (Å²) in [6.07, 6.45) is 0. The average molecular weight is 513 g/mol. The topological polar surface area (TPSA) is 77.8 Å². The molecule has 4 aromatic rings. The number of rotatable bonds is 0. The third-order valence-corrected chi connectivity index (χ3v) is 2.43. The molecule has 0 saturated carbocycles. The Hall–Kier alpha value is -2.35. The average Bonchev–Trinajstić information content (AvgIpc) is 2.79. The van der Waals surface area contributed by atoms with E-state index in [0.29, 0.717) is 0 Å². The van der Waals surface area contributed by atoms with Crippen LogP contribution in [-0.2, 0) is 25.0 Å². The molecule has 0 radical (unpaired) electrons. The first kappa shape index (κ1) is 29.9. The predicted molar refractivity (Wildman–Crippen MR) is 115 cm³/mol. The molecule has 4 rings (SSSR count). The Bertz CT molecular complexity index is 573. The van der Waals surface area contributed by atoms with E-state index < -0.39 is 7.82 Å². The molecule has 4 aromatic carbocycles. The van der Waals surface area contributed by atoms with Crippen molar-refractivity contribution in [3.05, 3.63) is 146 Å². The molecule has 6 heteroatoms. The standard InChI is InChI=1S/4C6H5.H3O4P.Pd/c4*1-2-4-6-5-3-1;1-5(2,3)4;/h4*1-5H;(H3,1,2,3,4);/q4*-1;;. The number of benzene rings is 4. The zero-order valence-electron chi connectivity index (χ0n) is 16.1. The van der Waals surface area contributed by atoms with Gasteiger partial charge >= 0.3 is 7.82 Å². The summed E-state index contributed by atoms with van der Waals surface area (Å²) in [5, 5.41) is 0. The van der Waals surface area contributed by atoms with Gasteiger partial charge in [0.1, 0.15) is 0 Å². The van der Waals surface area contributed by atoms with Crippen LogP contribution < -0.4 is 0 Å². The first-order valence-corrected chi connectivity index (χ1v) is 9.99. The molecule has 0 spiro atoms. The first-order chi connectivity index (χ1) is 14.0. The van der Waals surface area contributed by atoms with E-state index in [9.17, 15) is 0 Å². The van der Waals surface area contributed by atoms with Gasteiger partial charge in [0, 0.05) is 20.4 Å². The Labute approximate surface area is 192 Å². The molecule has 0 aliphatic heterocycles. The summed E-state index contributed by atoms with van der Waals surface area (Å²) in [4.78, 5) is 21.6. The van der Waals surface area contributed by atoms with Gasteiger partial charge in [0.15, 0.2) is 0 Å². The van der Waals surface area contributed by atoms with Crippen LogP contribution in [0.25, 0.3) is 0 Å². The molecule has 0 atom stereocenters. The quantitative estimate of drug-likeness (QED) is 0.176. The van der Waals surface area contributed by atoms with Crippen LogP contribution in [0.1, 0.15) is 0 Å². The van der Waals surface area contributed by atoms with E-state index in [4.69, 9.17) is 19.2 Å². The molecule has 0 aliphatic rings. The molecule has 162 valence electrons. The van der Waals surface area contributed by atoms with E-state index in [1.807, 2.05) is 121 Å². The van der Waals surface area contributed by atoms with E-state index in [2.05, 4.69) is 24.3 Å². The summed E-state index contributed by atoms with van der Waals surface area (Å²) in [6, 6.07) is 50.0. The van der Waals surface area contributed by atoms with Gasteiger partial charge in [0.2, 0.25) is 0 Å². The molecular weight excluding hydrogens is 490 g/mol. The second-order valence-electron chi connectivity index (χ2n) is 4.82. The Morgan fingerprint density at radius 1 is 0.400 bits per heavy atom. The molecule has 4 nitrogen and oxygen atoms in total. The van der Waals surface area contributed by atoms with Crippen molar-refractivity contribution in [1.82, 2.24) is 0 Å². The van der Waals surface area contributed by atoms with Crippen molar-refractivity contribution >= 4 is 7.82 Å². The van der Waals surface area contributed by atoms with Crippen LogP contribution in [0.2, 0.25) is 0 Å². The van der Waals surface area contributed by atoms with Crippen LogP contribution in [0.4, 0.5) is 0 Å². The zero-order valence-corrected chi connectivity index (χ0v) is 18.5. The third kappa shape index (κ3) is 33.3. The van der Waals surface area contributed by atoms with Crippen LogP contribution >= 0.6 is 7.82 Å². The number of phosphoric acid groups is 1. The molecule has 0 saturated heterocycles. The van der Waals surface area contributed by atoms with Gasteiger partial charge in [-0.3, -0.25) is 0 Å². The Balaban J connectivity index is 0. The monoisotopic (exact) mass is 512 g/mol. The molecular formula is C24H23O4PPd-4. The summed E-state index contributed by atoms with van der Waals surface area (Å²) in [5.74, 6) is 0. The SMILES string of the molecule is O=P(O)(O)O.[Pd].[c-]1ccccc1.[c-]1ccccc1.[c-]1ccccc1.[c-]1ccccc1. The van der Waals surface area contributed by atoms with Crippen molar-refractivity contribution in [2.45, 2.75) is 0 Å². The number of hydrogen-bond acceptors (Lipinski definition) is 1. The Kier molecular flexibility index (Phi) is 22.8. The van der Waals surface area contributed by atoms with Gasteiger partial charge in [-0.25, -0.2) is 4.57 Å². The second kappa shape index (κ2) is 22.9. The molecule has 3 N–H and O–H groups in total. The maximum Gasteiger partial charge on any atom is 0.466 e. The van der Waals surface area contributed by atoms with Crippen molar-refractivity contribution in [3.63, 3.8) is 0 Å². The summed E-state index contributed by atoms with van der Waals surface area (Å²) in [6.45, 7) is 0. The van der Waals surface area contributed by atoms with Gasteiger partial charge in [-0.05, 0) is 0 Å². The first-order valence-electron chi connectivity index (χ1n) is 8.43. The van der Waals surface area contributed by atoms with Gasteiger partial charge < -0.3 is 14.7 Å². The van der Waals surface area contributed by atoms with E-state index in [1.54, 1.807) is 0 Å². The van der Waals surface area contributed by atoms with Crippen LogP contribution in [0.3, 0.4) is 0 Å². The van der Waals surface area contributed by atoms with Gasteiger partial charge in [0.25, 0.3) is 0 Å². The van der Waals surface area contributed by atoms with Crippen LogP contribution in [-0.4, -0.2) is 14.7 Å². The summed E-state index contributed by atoms with van der Waals surface area (Å²) in [5.41, 5.74) is 0. The molecule has 0 aromatic heterocycles. The molecule has 0 bridgehead atoms. The van der Waals surface area contributed by atoms with Crippen LogP contribution in [0.5, 0.6) is 0 Å². The maximum atomic E-state index is 8.88. The van der Waals surface area contributed by atoms with E-state index in [-0.39, 0.29) is 20.4 Å². The van der Waals surface area contributed by atoms with Crippen molar-refractivity contribution in [1.29, 1.82) is 0 Å². The summed E-state index contributed by atoms with van der Waals surface area (Å²) >= 11 is 0. The van der Waals surface area contributed by atoms with Crippen LogP contribution in [0.15, 0.2) is 121 Å². The number of hydrogen-bond donors (Lipinski definition) is 3. The van der Waals surface area contributed by atoms with Gasteiger partial charge in [-0.2, -0.15) is 146 Å². The van der Waals surface area contributed by atoms with E-state index in [1.165, 1.54) is 0 Å². The minimum atomic E-state index is -4.64. The van der Waals surface area contributed by atoms with Crippen molar-refractivity contribution in [2.75, 3.05) is 0 Å². The molecule has 0 aliphatic carbocycles. The zero-order chi connectivity index (χ0) is 21.5. The smallest absolute Gasteiger partial charge is 0.303 e. The summed E-state index contributed by atoms with van der Waals surface area (Å²) < 4.78 is 8.88. The van der Waals surface area contributed by atoms with Crippen molar-refractivity contribution in [3.8, 4) is 0 Å².